The lowest BCUT2D eigenvalue weighted by Gasteiger charge is -2.31. The van der Waals surface area contributed by atoms with Crippen LogP contribution in [0.25, 0.3) is 11.0 Å². The zero-order valence-corrected chi connectivity index (χ0v) is 18.2. The second-order valence-electron chi connectivity index (χ2n) is 8.51. The molecule has 0 radical (unpaired) electrons. The third kappa shape index (κ3) is 3.51. The normalized spacial score (nSPS) is 19.0. The molecule has 32 heavy (non-hydrogen) atoms. The number of benzene rings is 2. The van der Waals surface area contributed by atoms with E-state index in [0.717, 1.165) is 24.2 Å². The predicted octanol–water partition coefficient (Wildman–Crippen LogP) is 3.43. The number of halogens is 1. The molecule has 1 atom stereocenters. The van der Waals surface area contributed by atoms with Gasteiger partial charge in [0.25, 0.3) is 5.91 Å². The van der Waals surface area contributed by atoms with Crippen molar-refractivity contribution in [2.45, 2.75) is 19.9 Å². The summed E-state index contributed by atoms with van der Waals surface area (Å²) < 4.78 is 25.1. The minimum atomic E-state index is -0.610. The van der Waals surface area contributed by atoms with Gasteiger partial charge in [-0.1, -0.05) is 12.1 Å². The lowest BCUT2D eigenvalue weighted by molar-refractivity contribution is 0.0314. The van der Waals surface area contributed by atoms with Gasteiger partial charge < -0.3 is 14.1 Å². The number of fused-ring (bicyclic) bond motifs is 2. The van der Waals surface area contributed by atoms with Crippen molar-refractivity contribution >= 4 is 16.9 Å². The van der Waals surface area contributed by atoms with Crippen molar-refractivity contribution in [1.82, 2.24) is 9.80 Å². The molecule has 0 N–H and O–H groups in total. The topological polar surface area (TPSA) is 63.0 Å². The SMILES string of the molecule is Cc1cc2oc3c(c(=O)c2cc1C)[C@@H](c1ccc(F)cc1)N(CCN1CCOCC1)C3=O. The standard InChI is InChI=1S/C25H25FN2O4/c1-15-13-19-20(14-16(15)2)32-24-21(23(19)29)22(17-3-5-18(26)6-4-17)28(25(24)30)8-7-27-9-11-31-12-10-27/h3-6,13-14,22H,7-12H2,1-2H3/t22-/m1/s1. The van der Waals surface area contributed by atoms with Crippen molar-refractivity contribution in [2.24, 2.45) is 0 Å². The third-order valence-corrected chi connectivity index (χ3v) is 6.53. The van der Waals surface area contributed by atoms with Crippen molar-refractivity contribution in [3.63, 3.8) is 0 Å². The Labute approximate surface area is 185 Å². The van der Waals surface area contributed by atoms with E-state index in [0.29, 0.717) is 48.4 Å². The zero-order chi connectivity index (χ0) is 22.4. The highest BCUT2D eigenvalue weighted by atomic mass is 19.1. The van der Waals surface area contributed by atoms with Crippen molar-refractivity contribution < 1.29 is 18.3 Å². The lowest BCUT2D eigenvalue weighted by Crippen LogP contribution is -2.42. The Morgan fingerprint density at radius 3 is 2.41 bits per heavy atom. The van der Waals surface area contributed by atoms with Gasteiger partial charge in [-0.05, 0) is 54.8 Å². The summed E-state index contributed by atoms with van der Waals surface area (Å²) >= 11 is 0. The molecule has 7 heteroatoms. The molecule has 1 saturated heterocycles. The van der Waals surface area contributed by atoms with Crippen LogP contribution in [0.3, 0.4) is 0 Å². The molecule has 0 spiro atoms. The average molecular weight is 436 g/mol. The molecular weight excluding hydrogens is 411 g/mol. The van der Waals surface area contributed by atoms with Gasteiger partial charge in [-0.3, -0.25) is 14.5 Å². The van der Waals surface area contributed by atoms with Crippen molar-refractivity contribution in [2.75, 3.05) is 39.4 Å². The van der Waals surface area contributed by atoms with Crippen LogP contribution in [0.15, 0.2) is 45.6 Å². The average Bonchev–Trinajstić information content (AvgIpc) is 3.07. The molecule has 166 valence electrons. The molecule has 2 aliphatic rings. The lowest BCUT2D eigenvalue weighted by atomic mass is 9.97. The minimum Gasteiger partial charge on any atom is -0.450 e. The van der Waals surface area contributed by atoms with E-state index >= 15 is 0 Å². The van der Waals surface area contributed by atoms with Gasteiger partial charge in [0.15, 0.2) is 5.43 Å². The summed E-state index contributed by atoms with van der Waals surface area (Å²) in [7, 11) is 0. The van der Waals surface area contributed by atoms with E-state index in [-0.39, 0.29) is 22.9 Å². The molecule has 0 bridgehead atoms. The number of carbonyl (C=O) groups excluding carboxylic acids is 1. The number of hydrogen-bond donors (Lipinski definition) is 0. The monoisotopic (exact) mass is 436 g/mol. The first kappa shape index (κ1) is 20.8. The van der Waals surface area contributed by atoms with Gasteiger partial charge in [0.2, 0.25) is 5.76 Å². The Balaban J connectivity index is 1.62. The summed E-state index contributed by atoms with van der Waals surface area (Å²) in [5.41, 5.74) is 3.20. The number of morpholine rings is 1. The van der Waals surface area contributed by atoms with Crippen LogP contribution in [-0.4, -0.2) is 55.1 Å². The second-order valence-corrected chi connectivity index (χ2v) is 8.51. The Kier molecular flexibility index (Phi) is 5.31. The van der Waals surface area contributed by atoms with Crippen LogP contribution in [0, 0.1) is 19.7 Å². The van der Waals surface area contributed by atoms with Crippen LogP contribution in [0.4, 0.5) is 4.39 Å². The van der Waals surface area contributed by atoms with Crippen LogP contribution in [-0.2, 0) is 4.74 Å². The van der Waals surface area contributed by atoms with Gasteiger partial charge in [-0.2, -0.15) is 0 Å². The maximum atomic E-state index is 13.6. The first-order valence-corrected chi connectivity index (χ1v) is 10.9. The Bertz CT molecular complexity index is 1250. The molecule has 1 aromatic heterocycles. The number of nitrogens with zero attached hydrogens (tertiary/aromatic N) is 2. The summed E-state index contributed by atoms with van der Waals surface area (Å²) in [5.74, 6) is -0.586. The molecule has 0 saturated carbocycles. The highest BCUT2D eigenvalue weighted by molar-refractivity contribution is 5.99. The van der Waals surface area contributed by atoms with Gasteiger partial charge in [0.1, 0.15) is 11.4 Å². The fourth-order valence-corrected chi connectivity index (χ4v) is 4.57. The highest BCUT2D eigenvalue weighted by Gasteiger charge is 2.42. The Morgan fingerprint density at radius 1 is 1.00 bits per heavy atom. The van der Waals surface area contributed by atoms with Crippen molar-refractivity contribution in [3.8, 4) is 0 Å². The fraction of sp³-hybridized carbons (Fsp3) is 0.360. The minimum absolute atomic E-state index is 0.0852. The maximum absolute atomic E-state index is 13.6. The molecule has 0 unspecified atom stereocenters. The molecule has 2 aliphatic heterocycles. The van der Waals surface area contributed by atoms with E-state index in [1.54, 1.807) is 17.0 Å². The van der Waals surface area contributed by atoms with Crippen molar-refractivity contribution in [1.29, 1.82) is 0 Å². The second kappa shape index (κ2) is 8.15. The van der Waals surface area contributed by atoms with Crippen LogP contribution < -0.4 is 5.43 Å². The van der Waals surface area contributed by atoms with Crippen molar-refractivity contribution in [3.05, 3.63) is 80.5 Å². The molecule has 6 nitrogen and oxygen atoms in total. The predicted molar refractivity (Wildman–Crippen MR) is 118 cm³/mol. The van der Waals surface area contributed by atoms with Crippen LogP contribution in [0.1, 0.15) is 38.9 Å². The number of rotatable bonds is 4. The molecule has 0 aliphatic carbocycles. The number of aryl methyl sites for hydroxylation is 2. The number of ether oxygens (including phenoxy) is 1. The molecule has 2 aromatic carbocycles. The van der Waals surface area contributed by atoms with Gasteiger partial charge in [0, 0.05) is 26.2 Å². The summed E-state index contributed by atoms with van der Waals surface area (Å²) in [6, 6.07) is 8.99. The van der Waals surface area contributed by atoms with Gasteiger partial charge in [-0.25, -0.2) is 4.39 Å². The quantitative estimate of drug-likeness (QED) is 0.627. The fourth-order valence-electron chi connectivity index (χ4n) is 4.57. The highest BCUT2D eigenvalue weighted by Crippen LogP contribution is 2.38. The Hall–Kier alpha value is -3.03. The number of amides is 1. The Morgan fingerprint density at radius 2 is 1.69 bits per heavy atom. The number of hydrogen-bond acceptors (Lipinski definition) is 5. The summed E-state index contributed by atoms with van der Waals surface area (Å²) in [4.78, 5) is 30.9. The van der Waals surface area contributed by atoms with Crippen LogP contribution >= 0.6 is 0 Å². The first-order valence-electron chi connectivity index (χ1n) is 10.9. The smallest absolute Gasteiger partial charge is 0.290 e. The van der Waals surface area contributed by atoms with E-state index in [1.807, 2.05) is 26.0 Å². The van der Waals surface area contributed by atoms with E-state index in [1.165, 1.54) is 12.1 Å². The molecule has 1 amide bonds. The third-order valence-electron chi connectivity index (χ3n) is 6.53. The van der Waals surface area contributed by atoms with E-state index in [4.69, 9.17) is 9.15 Å². The summed E-state index contributed by atoms with van der Waals surface area (Å²) in [6.45, 7) is 7.91. The summed E-state index contributed by atoms with van der Waals surface area (Å²) in [5, 5.41) is 0.460. The van der Waals surface area contributed by atoms with Crippen LogP contribution in [0.5, 0.6) is 0 Å². The largest absolute Gasteiger partial charge is 0.450 e. The van der Waals surface area contributed by atoms with Gasteiger partial charge in [0.05, 0.1) is 30.2 Å². The molecule has 5 rings (SSSR count). The van der Waals surface area contributed by atoms with Gasteiger partial charge in [-0.15, -0.1) is 0 Å². The molecule has 3 heterocycles. The van der Waals surface area contributed by atoms with Gasteiger partial charge >= 0.3 is 0 Å². The van der Waals surface area contributed by atoms with E-state index in [2.05, 4.69) is 4.90 Å². The maximum Gasteiger partial charge on any atom is 0.290 e. The summed E-state index contributed by atoms with van der Waals surface area (Å²) in [6.07, 6.45) is 0. The molecule has 3 aromatic rings. The molecular formula is C25H25FN2O4. The van der Waals surface area contributed by atoms with E-state index < -0.39 is 6.04 Å². The van der Waals surface area contributed by atoms with E-state index in [9.17, 15) is 14.0 Å². The molecule has 1 fully saturated rings. The first-order chi connectivity index (χ1) is 15.4. The number of carbonyl (C=O) groups is 1. The zero-order valence-electron chi connectivity index (χ0n) is 18.2. The van der Waals surface area contributed by atoms with Crippen LogP contribution in [0.2, 0.25) is 0 Å².